The van der Waals surface area contributed by atoms with Crippen LogP contribution in [0.3, 0.4) is 0 Å². The van der Waals surface area contributed by atoms with E-state index in [2.05, 4.69) is 0 Å². The van der Waals surface area contributed by atoms with Gasteiger partial charge in [0.25, 0.3) is 0 Å². The van der Waals surface area contributed by atoms with Crippen molar-refractivity contribution in [3.05, 3.63) is 27.2 Å². The zero-order chi connectivity index (χ0) is 13.0. The molecular formula is C11H11Cl3O3. The van der Waals surface area contributed by atoms with Crippen LogP contribution in [0.2, 0.25) is 15.1 Å². The summed E-state index contributed by atoms with van der Waals surface area (Å²) in [5.74, 6) is 0.269. The minimum Gasteiger partial charge on any atom is -0.434 e. The Morgan fingerprint density at radius 2 is 1.76 bits per heavy atom. The average molecular weight is 298 g/mol. The summed E-state index contributed by atoms with van der Waals surface area (Å²) in [6, 6.07) is 2.86. The molecule has 0 aliphatic rings. The number of ether oxygens (including phenoxy) is 2. The first-order valence-electron chi connectivity index (χ1n) is 4.89. The molecule has 0 N–H and O–H groups in total. The van der Waals surface area contributed by atoms with Crippen LogP contribution in [0.1, 0.15) is 13.8 Å². The summed E-state index contributed by atoms with van der Waals surface area (Å²) in [5.41, 5.74) is 0. The number of rotatable bonds is 3. The van der Waals surface area contributed by atoms with Crippen LogP contribution in [0, 0.1) is 5.92 Å². The van der Waals surface area contributed by atoms with Crippen molar-refractivity contribution in [2.75, 3.05) is 6.61 Å². The standard InChI is InChI=1S/C11H11Cl3O3/c1-6(2)5-16-11(15)17-10-8(13)3-7(12)4-9(10)14/h3-4,6H,5H2,1-2H3. The fourth-order valence-corrected chi connectivity index (χ4v) is 1.87. The summed E-state index contributed by atoms with van der Waals surface area (Å²) in [6.07, 6.45) is -0.843. The second-order valence-corrected chi connectivity index (χ2v) is 5.01. The summed E-state index contributed by atoms with van der Waals surface area (Å²) < 4.78 is 9.73. The summed E-state index contributed by atoms with van der Waals surface area (Å²) in [5, 5.41) is 0.677. The molecule has 3 nitrogen and oxygen atoms in total. The van der Waals surface area contributed by atoms with Gasteiger partial charge in [-0.2, -0.15) is 0 Å². The second kappa shape index (κ2) is 6.34. The molecule has 0 fully saturated rings. The molecular weight excluding hydrogens is 286 g/mol. The van der Waals surface area contributed by atoms with Gasteiger partial charge in [-0.05, 0) is 18.1 Å². The Morgan fingerprint density at radius 1 is 1.24 bits per heavy atom. The van der Waals surface area contributed by atoms with Crippen molar-refractivity contribution >= 4 is 41.0 Å². The van der Waals surface area contributed by atoms with Crippen LogP contribution < -0.4 is 4.74 Å². The van der Waals surface area contributed by atoms with Crippen LogP contribution >= 0.6 is 34.8 Å². The molecule has 0 aromatic heterocycles. The van der Waals surface area contributed by atoms with Crippen LogP contribution in [-0.4, -0.2) is 12.8 Å². The molecule has 0 bridgehead atoms. The van der Waals surface area contributed by atoms with E-state index in [0.717, 1.165) is 0 Å². The van der Waals surface area contributed by atoms with Gasteiger partial charge in [-0.3, -0.25) is 0 Å². The Labute approximate surface area is 115 Å². The fraction of sp³-hybridized carbons (Fsp3) is 0.364. The normalized spacial score (nSPS) is 10.5. The Balaban J connectivity index is 2.72. The third kappa shape index (κ3) is 4.62. The van der Waals surface area contributed by atoms with E-state index in [9.17, 15) is 4.79 Å². The molecule has 1 aromatic carbocycles. The Bertz CT molecular complexity index is 395. The van der Waals surface area contributed by atoms with Gasteiger partial charge in [0.15, 0.2) is 5.75 Å². The highest BCUT2D eigenvalue weighted by molar-refractivity contribution is 6.40. The highest BCUT2D eigenvalue weighted by atomic mass is 35.5. The number of halogens is 3. The van der Waals surface area contributed by atoms with Crippen molar-refractivity contribution in [3.63, 3.8) is 0 Å². The van der Waals surface area contributed by atoms with Gasteiger partial charge in [-0.25, -0.2) is 4.79 Å². The van der Waals surface area contributed by atoms with Crippen LogP contribution in [0.15, 0.2) is 12.1 Å². The molecule has 0 aliphatic carbocycles. The van der Waals surface area contributed by atoms with Gasteiger partial charge in [0, 0.05) is 5.02 Å². The topological polar surface area (TPSA) is 35.5 Å². The highest BCUT2D eigenvalue weighted by Crippen LogP contribution is 2.35. The van der Waals surface area contributed by atoms with Crippen LogP contribution in [0.5, 0.6) is 5.75 Å². The molecule has 0 saturated heterocycles. The molecule has 0 radical (unpaired) electrons. The summed E-state index contributed by atoms with van der Waals surface area (Å²) in [6.45, 7) is 4.09. The Morgan fingerprint density at radius 3 is 2.24 bits per heavy atom. The zero-order valence-corrected chi connectivity index (χ0v) is 11.6. The minimum atomic E-state index is -0.843. The maximum atomic E-state index is 11.3. The van der Waals surface area contributed by atoms with E-state index in [0.29, 0.717) is 5.02 Å². The molecule has 1 rings (SSSR count). The van der Waals surface area contributed by atoms with E-state index in [1.165, 1.54) is 12.1 Å². The quantitative estimate of drug-likeness (QED) is 0.593. The van der Waals surface area contributed by atoms with E-state index in [1.54, 1.807) is 0 Å². The SMILES string of the molecule is CC(C)COC(=O)Oc1c(Cl)cc(Cl)cc1Cl. The molecule has 1 aromatic rings. The molecule has 0 aliphatic heterocycles. The van der Waals surface area contributed by atoms with E-state index in [4.69, 9.17) is 44.3 Å². The molecule has 0 atom stereocenters. The summed E-state index contributed by atoms with van der Waals surface area (Å²) in [7, 11) is 0. The minimum absolute atomic E-state index is 0.0477. The predicted molar refractivity (Wildman–Crippen MR) is 68.3 cm³/mol. The first-order chi connectivity index (χ1) is 7.90. The summed E-state index contributed by atoms with van der Waals surface area (Å²) >= 11 is 17.4. The van der Waals surface area contributed by atoms with Crippen molar-refractivity contribution in [1.29, 1.82) is 0 Å². The van der Waals surface area contributed by atoms with Crippen LogP contribution in [0.25, 0.3) is 0 Å². The lowest BCUT2D eigenvalue weighted by Crippen LogP contribution is -2.14. The third-order valence-electron chi connectivity index (χ3n) is 1.68. The highest BCUT2D eigenvalue weighted by Gasteiger charge is 2.14. The van der Waals surface area contributed by atoms with Crippen molar-refractivity contribution in [2.45, 2.75) is 13.8 Å². The lowest BCUT2D eigenvalue weighted by molar-refractivity contribution is 0.0886. The van der Waals surface area contributed by atoms with Crippen LogP contribution in [-0.2, 0) is 4.74 Å². The molecule has 94 valence electrons. The first kappa shape index (κ1) is 14.4. The van der Waals surface area contributed by atoms with Gasteiger partial charge in [0.05, 0.1) is 16.7 Å². The Kier molecular flexibility index (Phi) is 5.37. The number of hydrogen-bond acceptors (Lipinski definition) is 3. The molecule has 0 spiro atoms. The van der Waals surface area contributed by atoms with Gasteiger partial charge in [0.1, 0.15) is 0 Å². The van der Waals surface area contributed by atoms with Crippen LogP contribution in [0.4, 0.5) is 4.79 Å². The number of benzene rings is 1. The molecule has 0 amide bonds. The van der Waals surface area contributed by atoms with Gasteiger partial charge >= 0.3 is 6.16 Å². The summed E-state index contributed by atoms with van der Waals surface area (Å²) in [4.78, 5) is 11.3. The second-order valence-electron chi connectivity index (χ2n) is 3.76. The first-order valence-corrected chi connectivity index (χ1v) is 6.02. The molecule has 17 heavy (non-hydrogen) atoms. The monoisotopic (exact) mass is 296 g/mol. The lowest BCUT2D eigenvalue weighted by Gasteiger charge is -2.10. The van der Waals surface area contributed by atoms with E-state index in [-0.39, 0.29) is 28.3 Å². The molecule has 6 heteroatoms. The third-order valence-corrected chi connectivity index (χ3v) is 2.46. The number of hydrogen-bond donors (Lipinski definition) is 0. The number of carbonyl (C=O) groups is 1. The van der Waals surface area contributed by atoms with E-state index >= 15 is 0 Å². The van der Waals surface area contributed by atoms with Crippen molar-refractivity contribution in [1.82, 2.24) is 0 Å². The van der Waals surface area contributed by atoms with E-state index < -0.39 is 6.16 Å². The smallest absolute Gasteiger partial charge is 0.434 e. The van der Waals surface area contributed by atoms with Crippen molar-refractivity contribution in [3.8, 4) is 5.75 Å². The van der Waals surface area contributed by atoms with Crippen molar-refractivity contribution in [2.24, 2.45) is 5.92 Å². The number of carbonyl (C=O) groups excluding carboxylic acids is 1. The van der Waals surface area contributed by atoms with Gasteiger partial charge < -0.3 is 9.47 Å². The maximum absolute atomic E-state index is 11.3. The maximum Gasteiger partial charge on any atom is 0.513 e. The largest absolute Gasteiger partial charge is 0.513 e. The van der Waals surface area contributed by atoms with Gasteiger partial charge in [-0.1, -0.05) is 48.7 Å². The lowest BCUT2D eigenvalue weighted by atomic mass is 10.2. The zero-order valence-electron chi connectivity index (χ0n) is 9.30. The molecule has 0 saturated carbocycles. The fourth-order valence-electron chi connectivity index (χ4n) is 0.974. The predicted octanol–water partition coefficient (Wildman–Crippen LogP) is 4.82. The Hall–Kier alpha value is -0.640. The molecule has 0 unspecified atom stereocenters. The van der Waals surface area contributed by atoms with Gasteiger partial charge in [0.2, 0.25) is 0 Å². The molecule has 0 heterocycles. The van der Waals surface area contributed by atoms with Crippen molar-refractivity contribution < 1.29 is 14.3 Å². The van der Waals surface area contributed by atoms with Gasteiger partial charge in [-0.15, -0.1) is 0 Å². The van der Waals surface area contributed by atoms with E-state index in [1.807, 2.05) is 13.8 Å². The average Bonchev–Trinajstić information content (AvgIpc) is 2.20.